The van der Waals surface area contributed by atoms with E-state index < -0.39 is 7.14 Å². The Balaban J connectivity index is 2.39. The second-order valence-corrected chi connectivity index (χ2v) is 9.51. The van der Waals surface area contributed by atoms with Gasteiger partial charge in [0.05, 0.1) is 4.57 Å². The Labute approximate surface area is 101 Å². The maximum absolute atomic E-state index is 12.7. The molecule has 0 N–H and O–H groups in total. The Kier molecular flexibility index (Phi) is 3.21. The van der Waals surface area contributed by atoms with E-state index in [4.69, 9.17) is 0 Å². The number of benzene rings is 1. The van der Waals surface area contributed by atoms with Crippen molar-refractivity contribution < 1.29 is 4.57 Å². The van der Waals surface area contributed by atoms with Crippen LogP contribution in [-0.2, 0) is 4.57 Å². The maximum Gasteiger partial charge on any atom is 0.129 e. The van der Waals surface area contributed by atoms with Crippen LogP contribution in [0.1, 0.15) is 6.42 Å². The predicted octanol–water partition coefficient (Wildman–Crippen LogP) is 3.56. The molecule has 1 saturated heterocycles. The van der Waals surface area contributed by atoms with Crippen LogP contribution < -0.4 is 5.30 Å². The lowest BCUT2D eigenvalue weighted by molar-refractivity contribution is 0.584. The first kappa shape index (κ1) is 10.9. The average Bonchev–Trinajstić information content (AvgIpc) is 2.49. The molecule has 0 amide bonds. The molecular weight excluding hydrogens is 327 g/mol. The summed E-state index contributed by atoms with van der Waals surface area (Å²) in [6.07, 6.45) is 1.80. The van der Waals surface area contributed by atoms with E-state index in [2.05, 4.69) is 31.9 Å². The van der Waals surface area contributed by atoms with Crippen molar-refractivity contribution in [3.63, 3.8) is 0 Å². The van der Waals surface area contributed by atoms with Crippen LogP contribution in [0.15, 0.2) is 30.3 Å². The monoisotopic (exact) mass is 336 g/mol. The summed E-state index contributed by atoms with van der Waals surface area (Å²) in [5.74, 6) is 0. The summed E-state index contributed by atoms with van der Waals surface area (Å²) < 4.78 is 12.8. The maximum atomic E-state index is 12.7. The third kappa shape index (κ3) is 1.75. The average molecular weight is 338 g/mol. The van der Waals surface area contributed by atoms with Crippen molar-refractivity contribution in [2.45, 2.75) is 15.8 Å². The van der Waals surface area contributed by atoms with Gasteiger partial charge in [0, 0.05) is 16.3 Å². The van der Waals surface area contributed by atoms with E-state index in [1.165, 1.54) is 0 Å². The lowest BCUT2D eigenvalue weighted by Gasteiger charge is -2.17. The zero-order valence-corrected chi connectivity index (χ0v) is 11.6. The Bertz CT molecular complexity index is 366. The number of hydrogen-bond donors (Lipinski definition) is 0. The van der Waals surface area contributed by atoms with Gasteiger partial charge >= 0.3 is 0 Å². The molecule has 0 bridgehead atoms. The summed E-state index contributed by atoms with van der Waals surface area (Å²) in [7, 11) is -2.20. The molecular formula is C10H11Br2OP. The molecule has 0 aromatic heterocycles. The highest BCUT2D eigenvalue weighted by molar-refractivity contribution is 9.13. The molecule has 1 nitrogen and oxygen atoms in total. The summed E-state index contributed by atoms with van der Waals surface area (Å²) in [5.41, 5.74) is 0. The summed E-state index contributed by atoms with van der Waals surface area (Å²) in [5, 5.41) is 1.00. The van der Waals surface area contributed by atoms with Crippen LogP contribution in [0, 0.1) is 0 Å². The normalized spacial score (nSPS) is 37.3. The molecule has 3 atom stereocenters. The number of rotatable bonds is 1. The van der Waals surface area contributed by atoms with Crippen LogP contribution in [-0.4, -0.2) is 15.6 Å². The van der Waals surface area contributed by atoms with Crippen molar-refractivity contribution in [2.24, 2.45) is 0 Å². The largest absolute Gasteiger partial charge is 0.317 e. The van der Waals surface area contributed by atoms with Crippen molar-refractivity contribution in [1.82, 2.24) is 0 Å². The van der Waals surface area contributed by atoms with Crippen LogP contribution in [0.5, 0.6) is 0 Å². The van der Waals surface area contributed by atoms with Gasteiger partial charge in [0.1, 0.15) is 7.14 Å². The molecule has 0 saturated carbocycles. The Hall–Kier alpha value is 0.410. The van der Waals surface area contributed by atoms with Crippen molar-refractivity contribution >= 4 is 44.3 Å². The molecule has 1 heterocycles. The van der Waals surface area contributed by atoms with E-state index in [1.807, 2.05) is 30.3 Å². The third-order valence-corrected chi connectivity index (χ3v) is 10.6. The van der Waals surface area contributed by atoms with E-state index in [0.29, 0.717) is 4.83 Å². The van der Waals surface area contributed by atoms with Gasteiger partial charge in [0.15, 0.2) is 0 Å². The summed E-state index contributed by atoms with van der Waals surface area (Å²) in [6, 6.07) is 9.81. The second-order valence-electron chi connectivity index (χ2n) is 3.53. The van der Waals surface area contributed by atoms with Gasteiger partial charge in [-0.15, -0.1) is 0 Å². The molecule has 1 aliphatic heterocycles. The molecule has 4 heteroatoms. The van der Waals surface area contributed by atoms with Gasteiger partial charge in [-0.3, -0.25) is 0 Å². The quantitative estimate of drug-likeness (QED) is 0.565. The topological polar surface area (TPSA) is 17.1 Å². The van der Waals surface area contributed by atoms with E-state index in [-0.39, 0.29) is 4.57 Å². The zero-order valence-electron chi connectivity index (χ0n) is 7.57. The van der Waals surface area contributed by atoms with Gasteiger partial charge in [-0.1, -0.05) is 62.2 Å². The van der Waals surface area contributed by atoms with Crippen LogP contribution in [0.25, 0.3) is 0 Å². The standard InChI is InChI=1S/C10H11Br2OP/c11-9-6-7-14(13,10(9)12)8-4-2-1-3-5-8/h1-5,9-10H,6-7H2. The highest BCUT2D eigenvalue weighted by Crippen LogP contribution is 2.61. The van der Waals surface area contributed by atoms with E-state index in [1.54, 1.807) is 0 Å². The minimum Gasteiger partial charge on any atom is -0.317 e. The van der Waals surface area contributed by atoms with Gasteiger partial charge in [-0.05, 0) is 6.42 Å². The SMILES string of the molecule is O=P1(c2ccccc2)CCC(Br)C1Br. The first-order valence-corrected chi connectivity index (χ1v) is 8.36. The second kappa shape index (κ2) is 4.11. The molecule has 0 spiro atoms. The fraction of sp³-hybridized carbons (Fsp3) is 0.400. The number of hydrogen-bond acceptors (Lipinski definition) is 1. The lowest BCUT2D eigenvalue weighted by Crippen LogP contribution is -2.12. The Morgan fingerprint density at radius 1 is 1.21 bits per heavy atom. The molecule has 3 unspecified atom stereocenters. The molecule has 2 rings (SSSR count). The zero-order chi connectivity index (χ0) is 10.2. The first-order chi connectivity index (χ1) is 6.64. The minimum absolute atomic E-state index is 0.0948. The third-order valence-electron chi connectivity index (χ3n) is 2.63. The Morgan fingerprint density at radius 2 is 1.86 bits per heavy atom. The van der Waals surface area contributed by atoms with Crippen molar-refractivity contribution in [3.05, 3.63) is 30.3 Å². The highest BCUT2D eigenvalue weighted by Gasteiger charge is 2.43. The van der Waals surface area contributed by atoms with E-state index in [0.717, 1.165) is 17.9 Å². The van der Waals surface area contributed by atoms with Gasteiger partial charge in [0.25, 0.3) is 0 Å². The fourth-order valence-electron chi connectivity index (χ4n) is 1.79. The molecule has 76 valence electrons. The lowest BCUT2D eigenvalue weighted by atomic mass is 10.4. The Morgan fingerprint density at radius 3 is 2.36 bits per heavy atom. The van der Waals surface area contributed by atoms with Crippen LogP contribution >= 0.6 is 39.0 Å². The summed E-state index contributed by atoms with van der Waals surface area (Å²) in [4.78, 5) is 0.341. The van der Waals surface area contributed by atoms with Crippen molar-refractivity contribution in [3.8, 4) is 0 Å². The summed E-state index contributed by atoms with van der Waals surface area (Å²) >= 11 is 7.11. The molecule has 1 aliphatic rings. The van der Waals surface area contributed by atoms with Crippen molar-refractivity contribution in [2.75, 3.05) is 6.16 Å². The van der Waals surface area contributed by atoms with Crippen LogP contribution in [0.3, 0.4) is 0 Å². The van der Waals surface area contributed by atoms with E-state index in [9.17, 15) is 4.57 Å². The molecule has 1 aromatic carbocycles. The van der Waals surface area contributed by atoms with E-state index >= 15 is 0 Å². The molecule has 1 aromatic rings. The fourth-order valence-corrected chi connectivity index (χ4v) is 7.91. The smallest absolute Gasteiger partial charge is 0.129 e. The van der Waals surface area contributed by atoms with Crippen LogP contribution in [0.2, 0.25) is 0 Å². The van der Waals surface area contributed by atoms with Gasteiger partial charge in [-0.2, -0.15) is 0 Å². The molecule has 1 fully saturated rings. The first-order valence-electron chi connectivity index (χ1n) is 4.57. The number of alkyl halides is 2. The van der Waals surface area contributed by atoms with Crippen molar-refractivity contribution in [1.29, 1.82) is 0 Å². The van der Waals surface area contributed by atoms with Gasteiger partial charge in [-0.25, -0.2) is 0 Å². The molecule has 14 heavy (non-hydrogen) atoms. The van der Waals surface area contributed by atoms with Gasteiger partial charge in [0.2, 0.25) is 0 Å². The minimum atomic E-state index is -2.20. The highest BCUT2D eigenvalue weighted by atomic mass is 79.9. The molecule has 0 radical (unpaired) electrons. The van der Waals surface area contributed by atoms with Gasteiger partial charge < -0.3 is 4.57 Å². The predicted molar refractivity (Wildman–Crippen MR) is 68.6 cm³/mol. The number of halogens is 2. The van der Waals surface area contributed by atoms with Crippen LogP contribution in [0.4, 0.5) is 0 Å². The summed E-state index contributed by atoms with van der Waals surface area (Å²) in [6.45, 7) is 0. The molecule has 0 aliphatic carbocycles.